The zero-order chi connectivity index (χ0) is 19.6. The van der Waals surface area contributed by atoms with Crippen LogP contribution in [0.15, 0.2) is 65.8 Å². The maximum Gasteiger partial charge on any atom is 0.339 e. The van der Waals surface area contributed by atoms with Crippen molar-refractivity contribution in [3.05, 3.63) is 72.1 Å². The summed E-state index contributed by atoms with van der Waals surface area (Å²) >= 11 is 0. The number of carbonyl (C=O) groups excluding carboxylic acids is 1. The smallest absolute Gasteiger partial charge is 0.339 e. The van der Waals surface area contributed by atoms with Crippen molar-refractivity contribution in [1.29, 1.82) is 0 Å². The fourth-order valence-electron chi connectivity index (χ4n) is 2.92. The van der Waals surface area contributed by atoms with Gasteiger partial charge in [-0.25, -0.2) is 4.79 Å². The first-order valence-electron chi connectivity index (χ1n) is 8.34. The Bertz CT molecular complexity index is 1080. The summed E-state index contributed by atoms with van der Waals surface area (Å²) in [5.41, 5.74) is 2.53. The zero-order valence-electron chi connectivity index (χ0n) is 14.9. The molecule has 7 heteroatoms. The van der Waals surface area contributed by atoms with Gasteiger partial charge in [-0.3, -0.25) is 4.55 Å². The van der Waals surface area contributed by atoms with Gasteiger partial charge in [-0.15, -0.1) is 0 Å². The first-order valence-corrected chi connectivity index (χ1v) is 9.78. The van der Waals surface area contributed by atoms with E-state index < -0.39 is 16.1 Å². The van der Waals surface area contributed by atoms with Gasteiger partial charge in [-0.2, -0.15) is 8.42 Å². The van der Waals surface area contributed by atoms with Crippen molar-refractivity contribution in [2.45, 2.75) is 18.7 Å². The average Bonchev–Trinajstić information content (AvgIpc) is 3.11. The van der Waals surface area contributed by atoms with E-state index in [-0.39, 0.29) is 11.5 Å². The third-order valence-electron chi connectivity index (χ3n) is 4.05. The van der Waals surface area contributed by atoms with Gasteiger partial charge in [0.15, 0.2) is 0 Å². The topological polar surface area (TPSA) is 85.6 Å². The van der Waals surface area contributed by atoms with Crippen LogP contribution in [0.5, 0.6) is 0 Å². The highest BCUT2D eigenvalue weighted by molar-refractivity contribution is 7.86. The fraction of sp³-hybridized carbons (Fsp3) is 0.150. The third kappa shape index (κ3) is 3.94. The minimum atomic E-state index is -4.46. The Morgan fingerprint density at radius 3 is 2.48 bits per heavy atom. The Kier molecular flexibility index (Phi) is 5.16. The summed E-state index contributed by atoms with van der Waals surface area (Å²) in [4.78, 5) is 11.8. The second-order valence-corrected chi connectivity index (χ2v) is 7.42. The molecule has 0 atom stereocenters. The van der Waals surface area contributed by atoms with Crippen molar-refractivity contribution in [2.24, 2.45) is 0 Å². The van der Waals surface area contributed by atoms with Crippen LogP contribution in [0, 0.1) is 6.92 Å². The largest absolute Gasteiger partial charge is 0.462 e. The Balaban J connectivity index is 2.27. The number of benzene rings is 2. The van der Waals surface area contributed by atoms with Gasteiger partial charge in [0.2, 0.25) is 0 Å². The van der Waals surface area contributed by atoms with Crippen molar-refractivity contribution < 1.29 is 22.5 Å². The lowest BCUT2D eigenvalue weighted by Gasteiger charge is -2.16. The first-order chi connectivity index (χ1) is 12.8. The number of ether oxygens (including phenoxy) is 1. The van der Waals surface area contributed by atoms with Crippen LogP contribution >= 0.6 is 0 Å². The van der Waals surface area contributed by atoms with Gasteiger partial charge in [-0.05, 0) is 43.2 Å². The highest BCUT2D eigenvalue weighted by atomic mass is 32.2. The van der Waals surface area contributed by atoms with Crippen LogP contribution in [0.1, 0.15) is 22.8 Å². The maximum atomic E-state index is 12.0. The van der Waals surface area contributed by atoms with Gasteiger partial charge in [-0.1, -0.05) is 30.3 Å². The second-order valence-electron chi connectivity index (χ2n) is 6.03. The minimum absolute atomic E-state index is 0.185. The molecule has 0 radical (unpaired) electrons. The van der Waals surface area contributed by atoms with E-state index in [4.69, 9.17) is 4.74 Å². The number of aryl methyl sites for hydroxylation is 1. The lowest BCUT2D eigenvalue weighted by Crippen LogP contribution is -2.06. The van der Waals surface area contributed by atoms with E-state index in [0.717, 1.165) is 0 Å². The SMILES string of the molecule is CCOC(=O)c1ccn(-c2cc(C)cc(S(=O)(=O)O)c2-c2ccccc2)c1. The van der Waals surface area contributed by atoms with Crippen LogP contribution < -0.4 is 0 Å². The number of hydrogen-bond donors (Lipinski definition) is 1. The summed E-state index contributed by atoms with van der Waals surface area (Å²) in [5, 5.41) is 0. The van der Waals surface area contributed by atoms with E-state index in [2.05, 4.69) is 0 Å². The van der Waals surface area contributed by atoms with E-state index >= 15 is 0 Å². The number of rotatable bonds is 5. The molecule has 2 aromatic carbocycles. The van der Waals surface area contributed by atoms with Gasteiger partial charge >= 0.3 is 5.97 Å². The maximum absolute atomic E-state index is 12.0. The molecular weight excluding hydrogens is 366 g/mol. The predicted molar refractivity (Wildman–Crippen MR) is 102 cm³/mol. The molecule has 3 rings (SSSR count). The van der Waals surface area contributed by atoms with Crippen LogP contribution in [-0.2, 0) is 14.9 Å². The molecule has 6 nitrogen and oxygen atoms in total. The van der Waals surface area contributed by atoms with E-state index in [1.807, 2.05) is 6.07 Å². The molecule has 140 valence electrons. The van der Waals surface area contributed by atoms with Gasteiger partial charge in [0.05, 0.1) is 17.9 Å². The number of carbonyl (C=O) groups is 1. The van der Waals surface area contributed by atoms with Gasteiger partial charge in [0.25, 0.3) is 10.1 Å². The summed E-state index contributed by atoms with van der Waals surface area (Å²) < 4.78 is 40.5. The number of nitrogens with zero attached hydrogens (tertiary/aromatic N) is 1. The molecule has 0 saturated heterocycles. The molecule has 0 bridgehead atoms. The Hall–Kier alpha value is -2.90. The summed E-state index contributed by atoms with van der Waals surface area (Å²) in [6.45, 7) is 3.72. The number of hydrogen-bond acceptors (Lipinski definition) is 4. The fourth-order valence-corrected chi connectivity index (χ4v) is 3.73. The van der Waals surface area contributed by atoms with E-state index in [9.17, 15) is 17.8 Å². The molecule has 1 heterocycles. The Morgan fingerprint density at radius 2 is 1.85 bits per heavy atom. The zero-order valence-corrected chi connectivity index (χ0v) is 15.7. The van der Waals surface area contributed by atoms with E-state index in [1.54, 1.807) is 67.2 Å². The molecule has 1 N–H and O–H groups in total. The second kappa shape index (κ2) is 7.38. The lowest BCUT2D eigenvalue weighted by atomic mass is 10.0. The molecule has 0 amide bonds. The standard InChI is InChI=1S/C20H19NO5S/c1-3-26-20(22)16-9-10-21(13-16)17-11-14(2)12-18(27(23,24)25)19(17)15-7-5-4-6-8-15/h4-13H,3H2,1-2H3,(H,23,24,25). The van der Waals surface area contributed by atoms with Crippen LogP contribution in [0.25, 0.3) is 16.8 Å². The molecule has 0 spiro atoms. The van der Waals surface area contributed by atoms with Crippen LogP contribution in [-0.4, -0.2) is 30.1 Å². The van der Waals surface area contributed by atoms with Gasteiger partial charge < -0.3 is 9.30 Å². The predicted octanol–water partition coefficient (Wildman–Crippen LogP) is 3.88. The number of aromatic nitrogens is 1. The molecule has 27 heavy (non-hydrogen) atoms. The molecule has 0 saturated carbocycles. The lowest BCUT2D eigenvalue weighted by molar-refractivity contribution is 0.0526. The normalized spacial score (nSPS) is 11.4. The molecular formula is C20H19NO5S. The highest BCUT2D eigenvalue weighted by Crippen LogP contribution is 2.34. The molecule has 0 aliphatic carbocycles. The third-order valence-corrected chi connectivity index (χ3v) is 4.93. The van der Waals surface area contributed by atoms with Crippen LogP contribution in [0.2, 0.25) is 0 Å². The molecule has 0 aliphatic rings. The Morgan fingerprint density at radius 1 is 1.15 bits per heavy atom. The first kappa shape index (κ1) is 18.9. The minimum Gasteiger partial charge on any atom is -0.462 e. The van der Waals surface area contributed by atoms with Crippen molar-refractivity contribution in [3.8, 4) is 16.8 Å². The quantitative estimate of drug-likeness (QED) is 0.532. The van der Waals surface area contributed by atoms with Crippen molar-refractivity contribution in [2.75, 3.05) is 6.61 Å². The molecule has 0 fully saturated rings. The van der Waals surface area contributed by atoms with Gasteiger partial charge in [0, 0.05) is 18.0 Å². The molecule has 3 aromatic rings. The number of esters is 1. The summed E-state index contributed by atoms with van der Waals surface area (Å²) in [7, 11) is -4.46. The summed E-state index contributed by atoms with van der Waals surface area (Å²) in [6.07, 6.45) is 3.23. The van der Waals surface area contributed by atoms with Crippen molar-refractivity contribution in [3.63, 3.8) is 0 Å². The van der Waals surface area contributed by atoms with E-state index in [1.165, 1.54) is 6.07 Å². The van der Waals surface area contributed by atoms with Crippen LogP contribution in [0.3, 0.4) is 0 Å². The summed E-state index contributed by atoms with van der Waals surface area (Å²) in [5.74, 6) is -0.458. The Labute approximate surface area is 157 Å². The molecule has 1 aromatic heterocycles. The molecule has 0 unspecified atom stereocenters. The van der Waals surface area contributed by atoms with E-state index in [0.29, 0.717) is 27.9 Å². The summed E-state index contributed by atoms with van der Waals surface area (Å²) in [6, 6.07) is 13.7. The molecule has 0 aliphatic heterocycles. The van der Waals surface area contributed by atoms with Gasteiger partial charge in [0.1, 0.15) is 4.90 Å². The van der Waals surface area contributed by atoms with Crippen molar-refractivity contribution >= 4 is 16.1 Å². The highest BCUT2D eigenvalue weighted by Gasteiger charge is 2.22. The van der Waals surface area contributed by atoms with Crippen LogP contribution in [0.4, 0.5) is 0 Å². The monoisotopic (exact) mass is 385 g/mol. The van der Waals surface area contributed by atoms with Crippen molar-refractivity contribution in [1.82, 2.24) is 4.57 Å². The average molecular weight is 385 g/mol.